The number of amides is 1. The number of methoxy groups -OCH3 is 2. The van der Waals surface area contributed by atoms with Crippen molar-refractivity contribution in [1.29, 1.82) is 0 Å². The molecule has 2 aromatic rings. The summed E-state index contributed by atoms with van der Waals surface area (Å²) < 4.78 is 16.1. The molecule has 1 N–H and O–H groups in total. The maximum absolute atomic E-state index is 12.1. The lowest BCUT2D eigenvalue weighted by atomic mass is 10.0. The van der Waals surface area contributed by atoms with Crippen LogP contribution in [0.2, 0.25) is 0 Å². The Morgan fingerprint density at radius 3 is 2.56 bits per heavy atom. The third kappa shape index (κ3) is 6.46. The van der Waals surface area contributed by atoms with Crippen LogP contribution in [0.3, 0.4) is 0 Å². The van der Waals surface area contributed by atoms with E-state index in [1.54, 1.807) is 26.4 Å². The Labute approximate surface area is 164 Å². The molecule has 7 nitrogen and oxygen atoms in total. The molecule has 8 heteroatoms. The van der Waals surface area contributed by atoms with E-state index >= 15 is 0 Å². The molecule has 0 spiro atoms. The third-order valence-corrected chi connectivity index (χ3v) is 4.77. The number of carbonyl (C=O) groups excluding carboxylic acids is 1. The van der Waals surface area contributed by atoms with Gasteiger partial charge in [0.1, 0.15) is 0 Å². The Balaban J connectivity index is 1.90. The van der Waals surface area contributed by atoms with Crippen molar-refractivity contribution in [2.24, 2.45) is 5.92 Å². The van der Waals surface area contributed by atoms with E-state index in [2.05, 4.69) is 29.4 Å². The second-order valence-electron chi connectivity index (χ2n) is 6.67. The molecule has 1 atom stereocenters. The number of carbonyl (C=O) groups is 1. The zero-order valence-electron chi connectivity index (χ0n) is 16.4. The average molecular weight is 394 g/mol. The SMILES string of the molecule is COc1ccc(-c2nnc(SCC(=O)N[C@H](C)CCC(C)C)o2)cc1OC. The number of hydrogen-bond donors (Lipinski definition) is 1. The van der Waals surface area contributed by atoms with Gasteiger partial charge >= 0.3 is 0 Å². The molecule has 1 amide bonds. The highest BCUT2D eigenvalue weighted by Gasteiger charge is 2.14. The Kier molecular flexibility index (Phi) is 7.97. The van der Waals surface area contributed by atoms with Crippen molar-refractivity contribution < 1.29 is 18.7 Å². The first-order valence-corrected chi connectivity index (χ1v) is 9.89. The minimum Gasteiger partial charge on any atom is -0.493 e. The molecule has 1 heterocycles. The minimum absolute atomic E-state index is 0.0397. The highest BCUT2D eigenvalue weighted by molar-refractivity contribution is 7.99. The van der Waals surface area contributed by atoms with Crippen LogP contribution in [0.1, 0.15) is 33.6 Å². The number of nitrogens with one attached hydrogen (secondary N) is 1. The van der Waals surface area contributed by atoms with Crippen LogP contribution >= 0.6 is 11.8 Å². The molecule has 0 aliphatic rings. The van der Waals surface area contributed by atoms with Crippen molar-refractivity contribution in [2.75, 3.05) is 20.0 Å². The lowest BCUT2D eigenvalue weighted by molar-refractivity contribution is -0.119. The summed E-state index contributed by atoms with van der Waals surface area (Å²) in [5.41, 5.74) is 0.721. The zero-order chi connectivity index (χ0) is 19.8. The number of nitrogens with zero attached hydrogens (tertiary/aromatic N) is 2. The summed E-state index contributed by atoms with van der Waals surface area (Å²) in [7, 11) is 3.14. The molecule has 0 saturated heterocycles. The topological polar surface area (TPSA) is 86.5 Å². The van der Waals surface area contributed by atoms with Gasteiger partial charge in [0, 0.05) is 11.6 Å². The normalized spacial score (nSPS) is 12.1. The fraction of sp³-hybridized carbons (Fsp3) is 0.526. The van der Waals surface area contributed by atoms with Crippen LogP contribution < -0.4 is 14.8 Å². The predicted octanol–water partition coefficient (Wildman–Crippen LogP) is 3.79. The van der Waals surface area contributed by atoms with Gasteiger partial charge in [0.05, 0.1) is 20.0 Å². The van der Waals surface area contributed by atoms with Crippen molar-refractivity contribution in [3.05, 3.63) is 18.2 Å². The molecular formula is C19H27N3O4S. The summed E-state index contributed by atoms with van der Waals surface area (Å²) in [5.74, 6) is 2.40. The first kappa shape index (κ1) is 21.1. The second kappa shape index (κ2) is 10.2. The lowest BCUT2D eigenvalue weighted by Crippen LogP contribution is -2.34. The van der Waals surface area contributed by atoms with Gasteiger partial charge in [-0.05, 0) is 43.9 Å². The van der Waals surface area contributed by atoms with Crippen LogP contribution in [0.15, 0.2) is 27.8 Å². The van der Waals surface area contributed by atoms with E-state index in [9.17, 15) is 4.79 Å². The van der Waals surface area contributed by atoms with Gasteiger partial charge in [-0.15, -0.1) is 10.2 Å². The molecule has 0 unspecified atom stereocenters. The van der Waals surface area contributed by atoms with Crippen molar-refractivity contribution in [1.82, 2.24) is 15.5 Å². The second-order valence-corrected chi connectivity index (χ2v) is 7.60. The monoisotopic (exact) mass is 393 g/mol. The summed E-state index contributed by atoms with van der Waals surface area (Å²) in [5, 5.41) is 11.4. The molecule has 0 radical (unpaired) electrons. The first-order valence-electron chi connectivity index (χ1n) is 8.91. The number of ether oxygens (including phenoxy) is 2. The molecule has 148 valence electrons. The summed E-state index contributed by atoms with van der Waals surface area (Å²) in [6.07, 6.45) is 2.06. The highest BCUT2D eigenvalue weighted by Crippen LogP contribution is 2.32. The molecular weight excluding hydrogens is 366 g/mol. The zero-order valence-corrected chi connectivity index (χ0v) is 17.3. The minimum atomic E-state index is -0.0397. The Morgan fingerprint density at radius 2 is 1.89 bits per heavy atom. The van der Waals surface area contributed by atoms with Gasteiger partial charge < -0.3 is 19.2 Å². The predicted molar refractivity (Wildman–Crippen MR) is 105 cm³/mol. The molecule has 0 aliphatic heterocycles. The van der Waals surface area contributed by atoms with Crippen LogP contribution in [-0.2, 0) is 4.79 Å². The standard InChI is InChI=1S/C19H27N3O4S/c1-12(2)6-7-13(3)20-17(23)11-27-19-22-21-18(26-19)14-8-9-15(24-4)16(10-14)25-5/h8-10,12-13H,6-7,11H2,1-5H3,(H,20,23)/t13-/m1/s1. The van der Waals surface area contributed by atoms with E-state index in [4.69, 9.17) is 13.9 Å². The van der Waals surface area contributed by atoms with Crippen LogP contribution in [0.25, 0.3) is 11.5 Å². The summed E-state index contributed by atoms with van der Waals surface area (Å²) in [4.78, 5) is 12.1. The van der Waals surface area contributed by atoms with E-state index in [1.807, 2.05) is 13.0 Å². The summed E-state index contributed by atoms with van der Waals surface area (Å²) >= 11 is 1.22. The van der Waals surface area contributed by atoms with Crippen molar-refractivity contribution in [2.45, 2.75) is 44.9 Å². The van der Waals surface area contributed by atoms with E-state index < -0.39 is 0 Å². The number of thioether (sulfide) groups is 1. The van der Waals surface area contributed by atoms with Gasteiger partial charge in [-0.1, -0.05) is 25.6 Å². The highest BCUT2D eigenvalue weighted by atomic mass is 32.2. The van der Waals surface area contributed by atoms with Crippen LogP contribution in [-0.4, -0.2) is 42.1 Å². The van der Waals surface area contributed by atoms with Gasteiger partial charge in [0.2, 0.25) is 11.8 Å². The fourth-order valence-electron chi connectivity index (χ4n) is 2.45. The van der Waals surface area contributed by atoms with Gasteiger partial charge in [-0.3, -0.25) is 4.79 Å². The first-order chi connectivity index (χ1) is 12.9. The van der Waals surface area contributed by atoms with Crippen molar-refractivity contribution >= 4 is 17.7 Å². The van der Waals surface area contributed by atoms with Gasteiger partial charge in [-0.25, -0.2) is 0 Å². The quantitative estimate of drug-likeness (QED) is 0.615. The van der Waals surface area contributed by atoms with Crippen molar-refractivity contribution in [3.8, 4) is 23.0 Å². The Bertz CT molecular complexity index is 748. The summed E-state index contributed by atoms with van der Waals surface area (Å²) in [6.45, 7) is 6.37. The number of rotatable bonds is 10. The van der Waals surface area contributed by atoms with Crippen LogP contribution in [0, 0.1) is 5.92 Å². The van der Waals surface area contributed by atoms with E-state index in [0.29, 0.717) is 28.5 Å². The fourth-order valence-corrected chi connectivity index (χ4v) is 3.03. The molecule has 0 fully saturated rings. The lowest BCUT2D eigenvalue weighted by Gasteiger charge is -2.14. The number of hydrogen-bond acceptors (Lipinski definition) is 7. The van der Waals surface area contributed by atoms with Gasteiger partial charge in [0.25, 0.3) is 5.22 Å². The molecule has 1 aromatic heterocycles. The number of aromatic nitrogens is 2. The van der Waals surface area contributed by atoms with E-state index in [-0.39, 0.29) is 17.7 Å². The van der Waals surface area contributed by atoms with Gasteiger partial charge in [0.15, 0.2) is 11.5 Å². The molecule has 27 heavy (non-hydrogen) atoms. The molecule has 0 aliphatic carbocycles. The average Bonchev–Trinajstić information content (AvgIpc) is 3.13. The van der Waals surface area contributed by atoms with Crippen LogP contribution in [0.5, 0.6) is 11.5 Å². The molecule has 2 rings (SSSR count). The van der Waals surface area contributed by atoms with Gasteiger partial charge in [-0.2, -0.15) is 0 Å². The molecule has 1 aromatic carbocycles. The summed E-state index contributed by atoms with van der Waals surface area (Å²) in [6, 6.07) is 5.51. The number of benzene rings is 1. The van der Waals surface area contributed by atoms with E-state index in [1.165, 1.54) is 11.8 Å². The van der Waals surface area contributed by atoms with E-state index in [0.717, 1.165) is 18.4 Å². The Morgan fingerprint density at radius 1 is 1.15 bits per heavy atom. The molecule has 0 saturated carbocycles. The molecule has 0 bridgehead atoms. The Hall–Kier alpha value is -2.22. The maximum atomic E-state index is 12.1. The maximum Gasteiger partial charge on any atom is 0.277 e. The van der Waals surface area contributed by atoms with Crippen molar-refractivity contribution in [3.63, 3.8) is 0 Å². The largest absolute Gasteiger partial charge is 0.493 e. The van der Waals surface area contributed by atoms with Crippen LogP contribution in [0.4, 0.5) is 0 Å². The third-order valence-electron chi connectivity index (χ3n) is 3.95. The smallest absolute Gasteiger partial charge is 0.277 e.